The molecule has 0 fully saturated rings. The molecule has 1 aromatic carbocycles. The van der Waals surface area contributed by atoms with E-state index in [0.29, 0.717) is 10.8 Å². The number of benzene rings is 1. The maximum atomic E-state index is 11.0. The van der Waals surface area contributed by atoms with Crippen molar-refractivity contribution in [1.29, 1.82) is 0 Å². The molecule has 3 rings (SSSR count). The Morgan fingerprint density at radius 2 is 1.91 bits per heavy atom. The Balaban J connectivity index is 1.79. The minimum absolute atomic E-state index is 0.143. The molecular formula is C15H13N3O3S2. The van der Waals surface area contributed by atoms with Crippen LogP contribution in [0.3, 0.4) is 0 Å². The highest BCUT2D eigenvalue weighted by molar-refractivity contribution is 7.85. The molecule has 0 amide bonds. The smallest absolute Gasteiger partial charge is 0.294 e. The van der Waals surface area contributed by atoms with Gasteiger partial charge in [0.25, 0.3) is 10.1 Å². The van der Waals surface area contributed by atoms with E-state index in [2.05, 4.69) is 15.3 Å². The normalized spacial score (nSPS) is 11.4. The molecule has 23 heavy (non-hydrogen) atoms. The van der Waals surface area contributed by atoms with Crippen molar-refractivity contribution in [2.75, 3.05) is 5.32 Å². The summed E-state index contributed by atoms with van der Waals surface area (Å²) < 4.78 is 31.0. The van der Waals surface area contributed by atoms with Crippen LogP contribution in [-0.4, -0.2) is 22.9 Å². The molecule has 118 valence electrons. The van der Waals surface area contributed by atoms with Gasteiger partial charge in [-0.05, 0) is 43.3 Å². The molecule has 0 aliphatic carbocycles. The Morgan fingerprint density at radius 3 is 2.57 bits per heavy atom. The summed E-state index contributed by atoms with van der Waals surface area (Å²) in [6.45, 7) is 1.92. The van der Waals surface area contributed by atoms with Crippen molar-refractivity contribution < 1.29 is 13.0 Å². The third kappa shape index (κ3) is 3.73. The standard InChI is InChI=1S/C15H13N3O3S2/c1-10-8-11(6-7-16-10)14-9-22-15(18-14)17-12-2-4-13(5-3-12)23(19,20)21/h2-9H,1H3,(H,17,18)(H,19,20,21). The number of nitrogens with one attached hydrogen (secondary N) is 1. The van der Waals surface area contributed by atoms with E-state index >= 15 is 0 Å². The van der Waals surface area contributed by atoms with E-state index in [4.69, 9.17) is 4.55 Å². The first kappa shape index (κ1) is 15.6. The van der Waals surface area contributed by atoms with Crippen molar-refractivity contribution in [2.45, 2.75) is 11.8 Å². The van der Waals surface area contributed by atoms with E-state index in [0.717, 1.165) is 17.0 Å². The van der Waals surface area contributed by atoms with Gasteiger partial charge >= 0.3 is 0 Å². The monoisotopic (exact) mass is 347 g/mol. The highest BCUT2D eigenvalue weighted by Gasteiger charge is 2.09. The molecule has 0 unspecified atom stereocenters. The number of aryl methyl sites for hydroxylation is 1. The van der Waals surface area contributed by atoms with Gasteiger partial charge in [0.1, 0.15) is 0 Å². The number of aromatic nitrogens is 2. The fourth-order valence-corrected chi connectivity index (χ4v) is 3.22. The van der Waals surface area contributed by atoms with Crippen molar-refractivity contribution in [2.24, 2.45) is 0 Å². The summed E-state index contributed by atoms with van der Waals surface area (Å²) in [5.41, 5.74) is 3.44. The van der Waals surface area contributed by atoms with Crippen LogP contribution in [0.1, 0.15) is 5.69 Å². The third-order valence-electron chi connectivity index (χ3n) is 3.10. The maximum absolute atomic E-state index is 11.0. The maximum Gasteiger partial charge on any atom is 0.294 e. The number of nitrogens with zero attached hydrogens (tertiary/aromatic N) is 2. The number of pyridine rings is 1. The van der Waals surface area contributed by atoms with E-state index in [1.54, 1.807) is 18.3 Å². The average Bonchev–Trinajstić information content (AvgIpc) is 2.95. The summed E-state index contributed by atoms with van der Waals surface area (Å²) >= 11 is 1.44. The van der Waals surface area contributed by atoms with Gasteiger partial charge in [0.2, 0.25) is 0 Å². The predicted molar refractivity (Wildman–Crippen MR) is 89.6 cm³/mol. The van der Waals surface area contributed by atoms with Gasteiger partial charge in [-0.2, -0.15) is 8.42 Å². The Hall–Kier alpha value is -2.29. The number of hydrogen-bond acceptors (Lipinski definition) is 6. The highest BCUT2D eigenvalue weighted by atomic mass is 32.2. The van der Waals surface area contributed by atoms with Gasteiger partial charge in [0.05, 0.1) is 10.6 Å². The lowest BCUT2D eigenvalue weighted by atomic mass is 10.2. The van der Waals surface area contributed by atoms with E-state index < -0.39 is 10.1 Å². The second-order valence-electron chi connectivity index (χ2n) is 4.85. The average molecular weight is 347 g/mol. The number of thiazole rings is 1. The van der Waals surface area contributed by atoms with Crippen LogP contribution in [0.15, 0.2) is 52.9 Å². The summed E-state index contributed by atoms with van der Waals surface area (Å²) in [4.78, 5) is 8.52. The molecule has 0 saturated carbocycles. The van der Waals surface area contributed by atoms with Gasteiger partial charge in [-0.3, -0.25) is 9.54 Å². The zero-order valence-electron chi connectivity index (χ0n) is 12.1. The summed E-state index contributed by atoms with van der Waals surface area (Å²) in [5, 5.41) is 5.73. The van der Waals surface area contributed by atoms with Gasteiger partial charge in [0, 0.05) is 28.5 Å². The lowest BCUT2D eigenvalue weighted by Crippen LogP contribution is -1.98. The van der Waals surface area contributed by atoms with Crippen LogP contribution >= 0.6 is 11.3 Å². The summed E-state index contributed by atoms with van der Waals surface area (Å²) in [6, 6.07) is 9.66. The third-order valence-corrected chi connectivity index (χ3v) is 4.73. The van der Waals surface area contributed by atoms with Crippen LogP contribution in [0.25, 0.3) is 11.3 Å². The Bertz CT molecular complexity index is 935. The van der Waals surface area contributed by atoms with E-state index in [9.17, 15) is 8.42 Å². The van der Waals surface area contributed by atoms with Crippen molar-refractivity contribution >= 4 is 32.3 Å². The zero-order chi connectivity index (χ0) is 16.4. The summed E-state index contributed by atoms with van der Waals surface area (Å²) in [6.07, 6.45) is 1.74. The largest absolute Gasteiger partial charge is 0.332 e. The highest BCUT2D eigenvalue weighted by Crippen LogP contribution is 2.27. The van der Waals surface area contributed by atoms with Gasteiger partial charge in [-0.15, -0.1) is 11.3 Å². The number of hydrogen-bond donors (Lipinski definition) is 2. The van der Waals surface area contributed by atoms with Crippen LogP contribution in [-0.2, 0) is 10.1 Å². The molecule has 0 atom stereocenters. The first-order valence-electron chi connectivity index (χ1n) is 6.65. The SMILES string of the molecule is Cc1cc(-c2csc(Nc3ccc(S(=O)(=O)O)cc3)n2)ccn1. The molecule has 8 heteroatoms. The summed E-state index contributed by atoms with van der Waals surface area (Å²) in [7, 11) is -4.18. The van der Waals surface area contributed by atoms with E-state index in [1.165, 1.54) is 23.5 Å². The molecule has 3 aromatic rings. The zero-order valence-corrected chi connectivity index (χ0v) is 13.7. The topological polar surface area (TPSA) is 92.2 Å². The fourth-order valence-electron chi connectivity index (χ4n) is 2.00. The lowest BCUT2D eigenvalue weighted by molar-refractivity contribution is 0.483. The first-order chi connectivity index (χ1) is 10.9. The van der Waals surface area contributed by atoms with E-state index in [1.807, 2.05) is 24.4 Å². The van der Waals surface area contributed by atoms with Gasteiger partial charge in [0.15, 0.2) is 5.13 Å². The molecule has 0 bridgehead atoms. The lowest BCUT2D eigenvalue weighted by Gasteiger charge is -2.03. The Kier molecular flexibility index (Phi) is 4.12. The molecule has 0 aliphatic heterocycles. The van der Waals surface area contributed by atoms with Crippen molar-refractivity contribution in [3.8, 4) is 11.3 Å². The molecule has 2 aromatic heterocycles. The molecule has 0 spiro atoms. The Morgan fingerprint density at radius 1 is 1.17 bits per heavy atom. The van der Waals surface area contributed by atoms with Gasteiger partial charge in [-0.1, -0.05) is 0 Å². The quantitative estimate of drug-likeness (QED) is 0.702. The predicted octanol–water partition coefficient (Wildman–Crippen LogP) is 3.50. The van der Waals surface area contributed by atoms with Crippen LogP contribution in [0.5, 0.6) is 0 Å². The second kappa shape index (κ2) is 6.07. The molecule has 6 nitrogen and oxygen atoms in total. The van der Waals surface area contributed by atoms with Crippen molar-refractivity contribution in [1.82, 2.24) is 9.97 Å². The second-order valence-corrected chi connectivity index (χ2v) is 7.13. The first-order valence-corrected chi connectivity index (χ1v) is 8.97. The Labute approximate surface area is 137 Å². The fraction of sp³-hybridized carbons (Fsp3) is 0.0667. The summed E-state index contributed by atoms with van der Waals surface area (Å²) in [5.74, 6) is 0. The molecule has 0 radical (unpaired) electrons. The van der Waals surface area contributed by atoms with Crippen molar-refractivity contribution in [3.63, 3.8) is 0 Å². The van der Waals surface area contributed by atoms with Crippen LogP contribution in [0, 0.1) is 6.92 Å². The molecule has 0 saturated heterocycles. The van der Waals surface area contributed by atoms with Crippen molar-refractivity contribution in [3.05, 3.63) is 53.7 Å². The number of anilines is 2. The molecule has 2 heterocycles. The van der Waals surface area contributed by atoms with Crippen LogP contribution < -0.4 is 5.32 Å². The van der Waals surface area contributed by atoms with Crippen LogP contribution in [0.2, 0.25) is 0 Å². The minimum Gasteiger partial charge on any atom is -0.332 e. The van der Waals surface area contributed by atoms with Gasteiger partial charge in [-0.25, -0.2) is 4.98 Å². The molecule has 2 N–H and O–H groups in total. The van der Waals surface area contributed by atoms with Crippen LogP contribution in [0.4, 0.5) is 10.8 Å². The number of rotatable bonds is 4. The van der Waals surface area contributed by atoms with E-state index in [-0.39, 0.29) is 4.90 Å². The van der Waals surface area contributed by atoms with Gasteiger partial charge < -0.3 is 5.32 Å². The molecular weight excluding hydrogens is 334 g/mol. The molecule has 0 aliphatic rings. The minimum atomic E-state index is -4.18.